The molecule has 1 aromatic heterocycles. The van der Waals surface area contributed by atoms with Gasteiger partial charge in [0.1, 0.15) is 5.25 Å². The first-order valence-corrected chi connectivity index (χ1v) is 10.1. The van der Waals surface area contributed by atoms with Crippen molar-refractivity contribution in [1.82, 2.24) is 20.1 Å². The second-order valence-corrected chi connectivity index (χ2v) is 7.85. The van der Waals surface area contributed by atoms with Crippen LogP contribution in [0.1, 0.15) is 29.2 Å². The van der Waals surface area contributed by atoms with Crippen molar-refractivity contribution in [2.75, 3.05) is 13.1 Å². The number of aromatic nitrogens is 3. The molecule has 0 spiro atoms. The van der Waals surface area contributed by atoms with Gasteiger partial charge in [0, 0.05) is 18.7 Å². The monoisotopic (exact) mass is 378 g/mol. The van der Waals surface area contributed by atoms with Crippen LogP contribution in [0.15, 0.2) is 59.8 Å². The van der Waals surface area contributed by atoms with Gasteiger partial charge in [-0.05, 0) is 25.3 Å². The van der Waals surface area contributed by atoms with E-state index in [9.17, 15) is 4.79 Å². The van der Waals surface area contributed by atoms with Gasteiger partial charge in [-0.1, -0.05) is 71.9 Å². The van der Waals surface area contributed by atoms with Crippen molar-refractivity contribution in [1.29, 1.82) is 0 Å². The minimum atomic E-state index is -0.328. The average Bonchev–Trinajstić information content (AvgIpc) is 3.39. The number of nitrogens with zero attached hydrogens (tertiary/aromatic N) is 3. The lowest BCUT2D eigenvalue weighted by molar-refractivity contribution is -0.129. The van der Waals surface area contributed by atoms with E-state index >= 15 is 0 Å². The van der Waals surface area contributed by atoms with Crippen LogP contribution in [0, 0.1) is 6.92 Å². The first-order chi connectivity index (χ1) is 13.2. The van der Waals surface area contributed by atoms with Crippen LogP contribution in [0.5, 0.6) is 0 Å². The maximum absolute atomic E-state index is 13.1. The van der Waals surface area contributed by atoms with Crippen molar-refractivity contribution in [3.8, 4) is 11.4 Å². The lowest BCUT2D eigenvalue weighted by Crippen LogP contribution is -2.31. The van der Waals surface area contributed by atoms with Crippen LogP contribution >= 0.6 is 11.8 Å². The molecular formula is C21H22N4OS. The predicted octanol–water partition coefficient (Wildman–Crippen LogP) is 4.24. The third kappa shape index (κ3) is 4.06. The van der Waals surface area contributed by atoms with E-state index in [1.165, 1.54) is 17.3 Å². The van der Waals surface area contributed by atoms with Gasteiger partial charge in [0.25, 0.3) is 0 Å². The number of thioether (sulfide) groups is 1. The Hall–Kier alpha value is -2.60. The molecule has 0 aliphatic carbocycles. The quantitative estimate of drug-likeness (QED) is 0.675. The molecule has 5 nitrogen and oxygen atoms in total. The molecule has 1 unspecified atom stereocenters. The first-order valence-electron chi connectivity index (χ1n) is 9.20. The Bertz CT molecular complexity index is 901. The van der Waals surface area contributed by atoms with Gasteiger partial charge >= 0.3 is 0 Å². The molecule has 1 saturated heterocycles. The van der Waals surface area contributed by atoms with E-state index in [0.717, 1.165) is 42.9 Å². The summed E-state index contributed by atoms with van der Waals surface area (Å²) in [5.41, 5.74) is 3.18. The highest BCUT2D eigenvalue weighted by Gasteiger charge is 2.29. The molecule has 3 aromatic rings. The van der Waals surface area contributed by atoms with E-state index < -0.39 is 0 Å². The number of likely N-dealkylation sites (tertiary alicyclic amines) is 1. The minimum absolute atomic E-state index is 0.144. The Kier molecular flexibility index (Phi) is 5.25. The summed E-state index contributed by atoms with van der Waals surface area (Å²) < 4.78 is 0. The Labute approximate surface area is 163 Å². The number of aromatic amines is 1. The molecule has 4 rings (SSSR count). The van der Waals surface area contributed by atoms with Crippen molar-refractivity contribution in [2.24, 2.45) is 0 Å². The number of aryl methyl sites for hydroxylation is 1. The fraction of sp³-hybridized carbons (Fsp3) is 0.286. The normalized spacial score (nSPS) is 15.1. The molecule has 2 aromatic carbocycles. The molecule has 0 bridgehead atoms. The lowest BCUT2D eigenvalue weighted by atomic mass is 10.1. The van der Waals surface area contributed by atoms with E-state index in [-0.39, 0.29) is 11.2 Å². The Morgan fingerprint density at radius 1 is 1.07 bits per heavy atom. The van der Waals surface area contributed by atoms with Gasteiger partial charge in [-0.25, -0.2) is 4.98 Å². The molecule has 27 heavy (non-hydrogen) atoms. The van der Waals surface area contributed by atoms with Crippen molar-refractivity contribution < 1.29 is 4.79 Å². The number of amides is 1. The van der Waals surface area contributed by atoms with Crippen molar-refractivity contribution in [2.45, 2.75) is 30.2 Å². The molecule has 2 heterocycles. The fourth-order valence-corrected chi connectivity index (χ4v) is 4.23. The van der Waals surface area contributed by atoms with Crippen LogP contribution < -0.4 is 0 Å². The van der Waals surface area contributed by atoms with Gasteiger partial charge in [0.15, 0.2) is 5.82 Å². The molecule has 138 valence electrons. The van der Waals surface area contributed by atoms with Gasteiger partial charge < -0.3 is 4.90 Å². The van der Waals surface area contributed by atoms with E-state index in [2.05, 4.69) is 22.1 Å². The molecule has 1 amide bonds. The lowest BCUT2D eigenvalue weighted by Gasteiger charge is -2.22. The van der Waals surface area contributed by atoms with Crippen LogP contribution in [0.4, 0.5) is 0 Å². The number of H-pyrrole nitrogens is 1. The number of benzene rings is 2. The van der Waals surface area contributed by atoms with E-state index in [0.29, 0.717) is 5.16 Å². The minimum Gasteiger partial charge on any atom is -0.341 e. The molecule has 1 aliphatic heterocycles. The highest BCUT2D eigenvalue weighted by Crippen LogP contribution is 2.36. The molecule has 6 heteroatoms. The maximum atomic E-state index is 13.1. The second-order valence-electron chi connectivity index (χ2n) is 6.77. The fourth-order valence-electron chi connectivity index (χ4n) is 3.24. The maximum Gasteiger partial charge on any atom is 0.240 e. The topological polar surface area (TPSA) is 61.9 Å². The number of hydrogen-bond acceptors (Lipinski definition) is 4. The summed E-state index contributed by atoms with van der Waals surface area (Å²) in [5, 5.41) is 7.61. The third-order valence-electron chi connectivity index (χ3n) is 4.76. The van der Waals surface area contributed by atoms with Crippen molar-refractivity contribution in [3.63, 3.8) is 0 Å². The number of nitrogens with one attached hydrogen (secondary N) is 1. The summed E-state index contributed by atoms with van der Waals surface area (Å²) >= 11 is 1.41. The Morgan fingerprint density at radius 2 is 1.78 bits per heavy atom. The number of rotatable bonds is 5. The molecule has 1 atom stereocenters. The predicted molar refractivity (Wildman–Crippen MR) is 107 cm³/mol. The van der Waals surface area contributed by atoms with Gasteiger partial charge in [0.05, 0.1) is 0 Å². The Morgan fingerprint density at radius 3 is 2.48 bits per heavy atom. The molecule has 1 aliphatic rings. The van der Waals surface area contributed by atoms with E-state index in [1.807, 2.05) is 59.5 Å². The summed E-state index contributed by atoms with van der Waals surface area (Å²) in [5.74, 6) is 0.864. The van der Waals surface area contributed by atoms with Crippen LogP contribution in [-0.4, -0.2) is 39.1 Å². The molecule has 1 fully saturated rings. The summed E-state index contributed by atoms with van der Waals surface area (Å²) in [7, 11) is 0. The zero-order valence-corrected chi connectivity index (χ0v) is 16.1. The number of carbonyl (C=O) groups excluding carboxylic acids is 1. The van der Waals surface area contributed by atoms with E-state index in [4.69, 9.17) is 0 Å². The van der Waals surface area contributed by atoms with E-state index in [1.54, 1.807) is 0 Å². The van der Waals surface area contributed by atoms with Gasteiger partial charge in [-0.3, -0.25) is 9.89 Å². The second kappa shape index (κ2) is 7.96. The summed E-state index contributed by atoms with van der Waals surface area (Å²) in [6.07, 6.45) is 2.16. The zero-order chi connectivity index (χ0) is 18.6. The van der Waals surface area contributed by atoms with Crippen molar-refractivity contribution in [3.05, 3.63) is 65.7 Å². The van der Waals surface area contributed by atoms with Crippen molar-refractivity contribution >= 4 is 17.7 Å². The molecule has 1 N–H and O–H groups in total. The van der Waals surface area contributed by atoms with Gasteiger partial charge in [0.2, 0.25) is 11.1 Å². The smallest absolute Gasteiger partial charge is 0.240 e. The highest BCUT2D eigenvalue weighted by atomic mass is 32.2. The number of carbonyl (C=O) groups is 1. The summed E-state index contributed by atoms with van der Waals surface area (Å²) in [6, 6.07) is 18.0. The molecule has 0 radical (unpaired) electrons. The van der Waals surface area contributed by atoms with Gasteiger partial charge in [-0.2, -0.15) is 0 Å². The highest BCUT2D eigenvalue weighted by molar-refractivity contribution is 8.00. The first kappa shape index (κ1) is 17.8. The average molecular weight is 379 g/mol. The van der Waals surface area contributed by atoms with Crippen LogP contribution in [0.2, 0.25) is 0 Å². The van der Waals surface area contributed by atoms with Crippen LogP contribution in [0.25, 0.3) is 11.4 Å². The largest absolute Gasteiger partial charge is 0.341 e. The van der Waals surface area contributed by atoms with Crippen LogP contribution in [-0.2, 0) is 4.79 Å². The summed E-state index contributed by atoms with van der Waals surface area (Å²) in [4.78, 5) is 19.7. The summed E-state index contributed by atoms with van der Waals surface area (Å²) in [6.45, 7) is 3.73. The zero-order valence-electron chi connectivity index (χ0n) is 15.3. The number of hydrogen-bond donors (Lipinski definition) is 1. The Balaban J connectivity index is 1.58. The SMILES string of the molecule is Cc1ccc(-c2nc(SC(C(=O)N3CCCC3)c3ccccc3)n[nH]2)cc1. The van der Waals surface area contributed by atoms with Crippen LogP contribution in [0.3, 0.4) is 0 Å². The van der Waals surface area contributed by atoms with Gasteiger partial charge in [-0.15, -0.1) is 5.10 Å². The molecular weight excluding hydrogens is 356 g/mol. The standard InChI is InChI=1S/C21H22N4OS/c1-15-9-11-17(12-10-15)19-22-21(24-23-19)27-18(16-7-3-2-4-8-16)20(26)25-13-5-6-14-25/h2-4,7-12,18H,5-6,13-14H2,1H3,(H,22,23,24). The third-order valence-corrected chi connectivity index (χ3v) is 5.86. The molecule has 0 saturated carbocycles.